The zero-order chi connectivity index (χ0) is 8.91. The summed E-state index contributed by atoms with van der Waals surface area (Å²) in [5, 5.41) is 0. The van der Waals surface area contributed by atoms with Gasteiger partial charge < -0.3 is 14.2 Å². The Kier molecular flexibility index (Phi) is 5.29. The van der Waals surface area contributed by atoms with Gasteiger partial charge in [-0.3, -0.25) is 0 Å². The molecule has 0 aromatic rings. The number of rotatable bonds is 5. The lowest BCUT2D eigenvalue weighted by Gasteiger charge is -2.27. The zero-order valence-corrected chi connectivity index (χ0v) is 8.64. The van der Waals surface area contributed by atoms with Gasteiger partial charge in [0.1, 0.15) is 21.2 Å². The van der Waals surface area contributed by atoms with Crippen molar-refractivity contribution in [3.63, 3.8) is 0 Å². The van der Waals surface area contributed by atoms with Crippen molar-refractivity contribution in [1.82, 2.24) is 0 Å². The molecule has 0 bridgehead atoms. The molecule has 0 aliphatic rings. The predicted octanol–water partition coefficient (Wildman–Crippen LogP) is 0.703. The fraction of sp³-hybridized carbons (Fsp3) is 1.00. The van der Waals surface area contributed by atoms with Crippen LogP contribution < -0.4 is 0 Å². The Morgan fingerprint density at radius 1 is 1.36 bits per heavy atom. The molecule has 11 heavy (non-hydrogen) atoms. The minimum absolute atomic E-state index is 0.412. The summed E-state index contributed by atoms with van der Waals surface area (Å²) < 4.78 is 14.8. The van der Waals surface area contributed by atoms with Crippen molar-refractivity contribution in [2.45, 2.75) is 17.4 Å². The van der Waals surface area contributed by atoms with Crippen molar-refractivity contribution in [3.8, 4) is 0 Å². The standard InChI is InChI=1S/C6H12ClO3Si/c1-8-5(7)4-6(11,9-2)10-3/h5H,4H2,1-3H3. The van der Waals surface area contributed by atoms with Crippen LogP contribution in [0.15, 0.2) is 0 Å². The van der Waals surface area contributed by atoms with Gasteiger partial charge >= 0.3 is 0 Å². The molecule has 0 aromatic carbocycles. The van der Waals surface area contributed by atoms with Crippen LogP contribution in [0.1, 0.15) is 6.42 Å². The van der Waals surface area contributed by atoms with Crippen molar-refractivity contribution in [2.24, 2.45) is 0 Å². The van der Waals surface area contributed by atoms with Crippen LogP contribution in [-0.2, 0) is 14.2 Å². The van der Waals surface area contributed by atoms with Gasteiger partial charge in [-0.15, -0.1) is 0 Å². The summed E-state index contributed by atoms with van der Waals surface area (Å²) in [6.07, 6.45) is 0.412. The van der Waals surface area contributed by atoms with Gasteiger partial charge in [0.2, 0.25) is 0 Å². The highest BCUT2D eigenvalue weighted by Crippen LogP contribution is 2.17. The molecule has 1 atom stereocenters. The second-order valence-corrected chi connectivity index (χ2v) is 3.26. The first kappa shape index (κ1) is 11.4. The molecule has 0 fully saturated rings. The number of methoxy groups -OCH3 is 3. The second-order valence-electron chi connectivity index (χ2n) is 2.01. The number of hydrogen-bond donors (Lipinski definition) is 0. The van der Waals surface area contributed by atoms with E-state index < -0.39 is 11.0 Å². The van der Waals surface area contributed by atoms with Crippen LogP contribution >= 0.6 is 11.6 Å². The number of alkyl halides is 1. The topological polar surface area (TPSA) is 27.7 Å². The minimum atomic E-state index is -0.845. The lowest BCUT2D eigenvalue weighted by atomic mass is 10.4. The van der Waals surface area contributed by atoms with E-state index in [4.69, 9.17) is 25.8 Å². The summed E-state index contributed by atoms with van der Waals surface area (Å²) in [4.78, 5) is 0. The molecule has 0 amide bonds. The van der Waals surface area contributed by atoms with Gasteiger partial charge in [0.05, 0.1) is 0 Å². The molecule has 0 aromatic heterocycles. The van der Waals surface area contributed by atoms with E-state index in [1.807, 2.05) is 0 Å². The van der Waals surface area contributed by atoms with Crippen molar-refractivity contribution < 1.29 is 14.2 Å². The third-order valence-corrected chi connectivity index (χ3v) is 2.29. The van der Waals surface area contributed by atoms with E-state index >= 15 is 0 Å². The molecule has 0 heterocycles. The maximum absolute atomic E-state index is 5.69. The van der Waals surface area contributed by atoms with Gasteiger partial charge in [-0.2, -0.15) is 0 Å². The van der Waals surface area contributed by atoms with Gasteiger partial charge in [-0.05, 0) is 0 Å². The summed E-state index contributed by atoms with van der Waals surface area (Å²) in [6, 6.07) is 0. The Morgan fingerprint density at radius 2 is 1.82 bits per heavy atom. The van der Waals surface area contributed by atoms with E-state index in [2.05, 4.69) is 10.2 Å². The van der Waals surface area contributed by atoms with E-state index in [1.54, 1.807) is 0 Å². The maximum atomic E-state index is 5.69. The molecule has 0 aliphatic carbocycles. The monoisotopic (exact) mass is 195 g/mol. The van der Waals surface area contributed by atoms with Gasteiger partial charge in [-0.25, -0.2) is 0 Å². The van der Waals surface area contributed by atoms with E-state index in [0.29, 0.717) is 6.42 Å². The first-order valence-electron chi connectivity index (χ1n) is 3.10. The van der Waals surface area contributed by atoms with Crippen LogP contribution in [0.5, 0.6) is 0 Å². The second kappa shape index (κ2) is 5.11. The highest BCUT2D eigenvalue weighted by molar-refractivity contribution is 6.20. The van der Waals surface area contributed by atoms with Crippen molar-refractivity contribution in [2.75, 3.05) is 21.3 Å². The average Bonchev–Trinajstić information content (AvgIpc) is 2.04. The Balaban J connectivity index is 3.86. The van der Waals surface area contributed by atoms with Crippen LogP contribution in [0.3, 0.4) is 0 Å². The van der Waals surface area contributed by atoms with Gasteiger partial charge in [0.15, 0.2) is 0 Å². The fourth-order valence-corrected chi connectivity index (χ4v) is 1.06. The first-order valence-corrected chi connectivity index (χ1v) is 4.04. The lowest BCUT2D eigenvalue weighted by molar-refractivity contribution is -0.155. The first-order chi connectivity index (χ1) is 5.08. The van der Waals surface area contributed by atoms with E-state index in [0.717, 1.165) is 0 Å². The quantitative estimate of drug-likeness (QED) is 0.367. The Labute approximate surface area is 75.4 Å². The van der Waals surface area contributed by atoms with Crippen LogP contribution in [0.4, 0.5) is 0 Å². The highest BCUT2D eigenvalue weighted by atomic mass is 35.5. The van der Waals surface area contributed by atoms with E-state index in [1.165, 1.54) is 21.3 Å². The highest BCUT2D eigenvalue weighted by Gasteiger charge is 2.26. The largest absolute Gasteiger partial charge is 0.366 e. The molecule has 5 heteroatoms. The van der Waals surface area contributed by atoms with E-state index in [9.17, 15) is 0 Å². The third kappa shape index (κ3) is 4.08. The number of hydrogen-bond acceptors (Lipinski definition) is 3. The summed E-state index contributed by atoms with van der Waals surface area (Å²) >= 11 is 5.69. The lowest BCUT2D eigenvalue weighted by Crippen LogP contribution is -2.37. The predicted molar refractivity (Wildman–Crippen MR) is 43.8 cm³/mol. The molecule has 0 aliphatic heterocycles. The minimum Gasteiger partial charge on any atom is -0.366 e. The van der Waals surface area contributed by atoms with Crippen molar-refractivity contribution >= 4 is 21.8 Å². The van der Waals surface area contributed by atoms with Crippen molar-refractivity contribution in [3.05, 3.63) is 0 Å². The molecule has 0 N–H and O–H groups in total. The molecule has 0 saturated carbocycles. The third-order valence-electron chi connectivity index (χ3n) is 1.34. The summed E-state index contributed by atoms with van der Waals surface area (Å²) in [5.41, 5.74) is -1.27. The fourth-order valence-electron chi connectivity index (χ4n) is 0.545. The van der Waals surface area contributed by atoms with Gasteiger partial charge in [-0.1, -0.05) is 11.6 Å². The molecule has 3 nitrogen and oxygen atoms in total. The number of halogens is 1. The maximum Gasteiger partial charge on any atom is 0.147 e. The molecular weight excluding hydrogens is 184 g/mol. The molecule has 0 saturated heterocycles. The van der Waals surface area contributed by atoms with Gasteiger partial charge in [0, 0.05) is 27.8 Å². The molecular formula is C6H12ClO3Si. The van der Waals surface area contributed by atoms with E-state index in [-0.39, 0.29) is 0 Å². The molecule has 0 spiro atoms. The summed E-state index contributed by atoms with van der Waals surface area (Å²) in [6.45, 7) is 0. The molecule has 1 unspecified atom stereocenters. The summed E-state index contributed by atoms with van der Waals surface area (Å²) in [7, 11) is 7.84. The zero-order valence-electron chi connectivity index (χ0n) is 6.89. The Hall–Kier alpha value is 0.387. The smallest absolute Gasteiger partial charge is 0.147 e. The van der Waals surface area contributed by atoms with Crippen LogP contribution in [-0.4, -0.2) is 42.5 Å². The molecule has 3 radical (unpaired) electrons. The SMILES string of the molecule is COC(Cl)CC([Si])(OC)OC. The summed E-state index contributed by atoms with van der Waals surface area (Å²) in [5.74, 6) is 0. The van der Waals surface area contributed by atoms with Gasteiger partial charge in [0.25, 0.3) is 0 Å². The van der Waals surface area contributed by atoms with Crippen molar-refractivity contribution in [1.29, 1.82) is 0 Å². The normalized spacial score (nSPS) is 15.0. The Bertz CT molecular complexity index is 108. The van der Waals surface area contributed by atoms with Crippen LogP contribution in [0.2, 0.25) is 0 Å². The van der Waals surface area contributed by atoms with Crippen LogP contribution in [0.25, 0.3) is 0 Å². The molecule has 65 valence electrons. The Morgan fingerprint density at radius 3 is 2.09 bits per heavy atom. The molecule has 0 rings (SSSR count). The van der Waals surface area contributed by atoms with Crippen LogP contribution in [0, 0.1) is 0 Å². The number of ether oxygens (including phenoxy) is 3. The average molecular weight is 196 g/mol.